The van der Waals surface area contributed by atoms with Gasteiger partial charge in [-0.15, -0.1) is 0 Å². The van der Waals surface area contributed by atoms with E-state index in [2.05, 4.69) is 5.32 Å². The maximum atomic E-state index is 12.5. The summed E-state index contributed by atoms with van der Waals surface area (Å²) in [6.07, 6.45) is 1.39. The fourth-order valence-corrected chi connectivity index (χ4v) is 3.55. The van der Waals surface area contributed by atoms with E-state index in [9.17, 15) is 23.1 Å². The Balaban J connectivity index is 1.76. The summed E-state index contributed by atoms with van der Waals surface area (Å²) in [5, 5.41) is 12.3. The average molecular weight is 336 g/mol. The Morgan fingerprint density at radius 3 is 2.04 bits per heavy atom. The molecule has 1 saturated carbocycles. The second kappa shape index (κ2) is 8.22. The van der Waals surface area contributed by atoms with Gasteiger partial charge in [-0.1, -0.05) is 32.1 Å². The zero-order chi connectivity index (χ0) is 16.9. The number of alkyl halides is 3. The number of amides is 2. The van der Waals surface area contributed by atoms with Crippen LogP contribution in [0.25, 0.3) is 0 Å². The van der Waals surface area contributed by atoms with E-state index in [1.54, 1.807) is 4.90 Å². The molecule has 2 fully saturated rings. The molecule has 0 aromatic heterocycles. The highest BCUT2D eigenvalue weighted by atomic mass is 19.4. The first-order valence-corrected chi connectivity index (χ1v) is 8.68. The third-order valence-electron chi connectivity index (χ3n) is 5.04. The summed E-state index contributed by atoms with van der Waals surface area (Å²) >= 11 is 0. The van der Waals surface area contributed by atoms with Gasteiger partial charge < -0.3 is 15.3 Å². The van der Waals surface area contributed by atoms with Crippen molar-refractivity contribution in [1.82, 2.24) is 10.2 Å². The summed E-state index contributed by atoms with van der Waals surface area (Å²) in [5.41, 5.74) is 0. The molecule has 134 valence electrons. The monoisotopic (exact) mass is 336 g/mol. The number of aliphatic hydroxyl groups is 1. The van der Waals surface area contributed by atoms with Gasteiger partial charge in [0.05, 0.1) is 0 Å². The quantitative estimate of drug-likeness (QED) is 0.811. The molecule has 0 spiro atoms. The average Bonchev–Trinajstić information content (AvgIpc) is 2.48. The second-order valence-electron chi connectivity index (χ2n) is 6.80. The molecule has 23 heavy (non-hydrogen) atoms. The summed E-state index contributed by atoms with van der Waals surface area (Å²) in [4.78, 5) is 13.8. The number of hydrogen-bond donors (Lipinski definition) is 2. The zero-order valence-corrected chi connectivity index (χ0v) is 13.4. The van der Waals surface area contributed by atoms with Crippen LogP contribution in [0.15, 0.2) is 0 Å². The third kappa shape index (κ3) is 5.55. The van der Waals surface area contributed by atoms with Crippen molar-refractivity contribution in [3.05, 3.63) is 0 Å². The summed E-state index contributed by atoms with van der Waals surface area (Å²) in [5.74, 6) is -0.805. The van der Waals surface area contributed by atoms with Crippen LogP contribution >= 0.6 is 0 Å². The van der Waals surface area contributed by atoms with E-state index in [1.807, 2.05) is 0 Å². The van der Waals surface area contributed by atoms with Gasteiger partial charge in [-0.2, -0.15) is 13.2 Å². The highest BCUT2D eigenvalue weighted by molar-refractivity contribution is 5.74. The fourth-order valence-electron chi connectivity index (χ4n) is 3.55. The molecule has 2 rings (SSSR count). The van der Waals surface area contributed by atoms with Crippen molar-refractivity contribution in [3.8, 4) is 0 Å². The summed E-state index contributed by atoms with van der Waals surface area (Å²) in [6, 6.07) is 0.0109. The van der Waals surface area contributed by atoms with Crippen LogP contribution in [-0.4, -0.2) is 47.4 Å². The number of carbonyl (C=O) groups is 1. The largest absolute Gasteiger partial charge is 0.414 e. The number of aliphatic hydroxyl groups excluding tert-OH is 1. The van der Waals surface area contributed by atoms with Crippen LogP contribution in [-0.2, 0) is 0 Å². The predicted octanol–water partition coefficient (Wildman–Crippen LogP) is 3.44. The minimum atomic E-state index is -4.58. The smallest absolute Gasteiger partial charge is 0.383 e. The molecule has 1 heterocycles. The standard InChI is InChI=1S/C16H27F3N2O2/c17-16(18,19)14(22)12-8-10-21(11-9-12)15(23)20-13-6-4-2-1-3-5-7-13/h12-14,22H,1-11H2,(H,20,23). The lowest BCUT2D eigenvalue weighted by molar-refractivity contribution is -0.222. The Labute approximate surface area is 135 Å². The van der Waals surface area contributed by atoms with Gasteiger partial charge in [0.15, 0.2) is 6.10 Å². The van der Waals surface area contributed by atoms with Crippen LogP contribution in [0.3, 0.4) is 0 Å². The van der Waals surface area contributed by atoms with Crippen LogP contribution in [0.2, 0.25) is 0 Å². The normalized spacial score (nSPS) is 23.9. The zero-order valence-electron chi connectivity index (χ0n) is 13.4. The van der Waals surface area contributed by atoms with E-state index >= 15 is 0 Å². The number of hydrogen-bond acceptors (Lipinski definition) is 2. The molecule has 1 atom stereocenters. The van der Waals surface area contributed by atoms with Crippen molar-refractivity contribution in [2.45, 2.75) is 76.1 Å². The van der Waals surface area contributed by atoms with E-state index in [0.717, 1.165) is 25.7 Å². The number of carbonyl (C=O) groups excluding carboxylic acids is 1. The lowest BCUT2D eigenvalue weighted by Gasteiger charge is -2.35. The molecule has 0 aromatic carbocycles. The highest BCUT2D eigenvalue weighted by Crippen LogP contribution is 2.31. The molecule has 2 N–H and O–H groups in total. The van der Waals surface area contributed by atoms with Gasteiger partial charge in [0.25, 0.3) is 0 Å². The molecule has 2 amide bonds. The van der Waals surface area contributed by atoms with Gasteiger partial charge in [0.1, 0.15) is 0 Å². The van der Waals surface area contributed by atoms with Crippen LogP contribution in [0.1, 0.15) is 57.8 Å². The molecular formula is C16H27F3N2O2. The summed E-state index contributed by atoms with van der Waals surface area (Å²) in [6.45, 7) is 0.548. The topological polar surface area (TPSA) is 52.6 Å². The molecule has 1 aliphatic carbocycles. The van der Waals surface area contributed by atoms with Gasteiger partial charge in [-0.25, -0.2) is 4.79 Å². The van der Waals surface area contributed by atoms with Gasteiger partial charge >= 0.3 is 12.2 Å². The van der Waals surface area contributed by atoms with Gasteiger partial charge in [0.2, 0.25) is 0 Å². The van der Waals surface area contributed by atoms with E-state index in [4.69, 9.17) is 0 Å². The van der Waals surface area contributed by atoms with Crippen LogP contribution < -0.4 is 5.32 Å². The van der Waals surface area contributed by atoms with Crippen molar-refractivity contribution in [3.63, 3.8) is 0 Å². The van der Waals surface area contributed by atoms with E-state index < -0.39 is 18.2 Å². The molecule has 4 nitrogen and oxygen atoms in total. The third-order valence-corrected chi connectivity index (χ3v) is 5.04. The Morgan fingerprint density at radius 2 is 1.52 bits per heavy atom. The van der Waals surface area contributed by atoms with Crippen molar-refractivity contribution in [2.75, 3.05) is 13.1 Å². The number of likely N-dealkylation sites (tertiary alicyclic amines) is 1. The summed E-state index contributed by atoms with van der Waals surface area (Å²) < 4.78 is 37.6. The first kappa shape index (κ1) is 18.4. The first-order valence-electron chi connectivity index (χ1n) is 8.68. The minimum Gasteiger partial charge on any atom is -0.383 e. The predicted molar refractivity (Wildman–Crippen MR) is 81.0 cm³/mol. The van der Waals surface area contributed by atoms with E-state index in [-0.39, 0.29) is 38.0 Å². The lowest BCUT2D eigenvalue weighted by Crippen LogP contribution is -2.50. The molecule has 0 bridgehead atoms. The van der Waals surface area contributed by atoms with Gasteiger partial charge in [-0.3, -0.25) is 0 Å². The molecule has 0 radical (unpaired) electrons. The maximum absolute atomic E-state index is 12.5. The Hall–Kier alpha value is -0.980. The molecule has 1 saturated heterocycles. The van der Waals surface area contributed by atoms with Crippen molar-refractivity contribution >= 4 is 6.03 Å². The van der Waals surface area contributed by atoms with Gasteiger partial charge in [0, 0.05) is 19.1 Å². The molecule has 7 heteroatoms. The number of rotatable bonds is 2. The lowest BCUT2D eigenvalue weighted by atomic mass is 9.91. The Morgan fingerprint density at radius 1 is 1.00 bits per heavy atom. The Kier molecular flexibility index (Phi) is 6.56. The van der Waals surface area contributed by atoms with E-state index in [1.165, 1.54) is 19.3 Å². The Bertz CT molecular complexity index is 374. The van der Waals surface area contributed by atoms with Crippen molar-refractivity contribution < 1.29 is 23.1 Å². The number of urea groups is 1. The number of piperidine rings is 1. The van der Waals surface area contributed by atoms with Gasteiger partial charge in [-0.05, 0) is 31.6 Å². The molecule has 0 aromatic rings. The number of nitrogens with zero attached hydrogens (tertiary/aromatic N) is 1. The molecule has 1 unspecified atom stereocenters. The van der Waals surface area contributed by atoms with Crippen LogP contribution in [0, 0.1) is 5.92 Å². The van der Waals surface area contributed by atoms with Crippen LogP contribution in [0.5, 0.6) is 0 Å². The van der Waals surface area contributed by atoms with E-state index in [0.29, 0.717) is 0 Å². The molecular weight excluding hydrogens is 309 g/mol. The highest BCUT2D eigenvalue weighted by Gasteiger charge is 2.44. The molecule has 2 aliphatic rings. The van der Waals surface area contributed by atoms with Crippen molar-refractivity contribution in [2.24, 2.45) is 5.92 Å². The second-order valence-corrected chi connectivity index (χ2v) is 6.80. The summed E-state index contributed by atoms with van der Waals surface area (Å²) in [7, 11) is 0. The maximum Gasteiger partial charge on any atom is 0.414 e. The number of halogens is 3. The fraction of sp³-hybridized carbons (Fsp3) is 0.938. The first-order chi connectivity index (χ1) is 10.9. The van der Waals surface area contributed by atoms with Crippen LogP contribution in [0.4, 0.5) is 18.0 Å². The number of nitrogens with one attached hydrogen (secondary N) is 1. The SMILES string of the molecule is O=C(NC1CCCCCCC1)N1CCC(C(O)C(F)(F)F)CC1. The molecule has 1 aliphatic heterocycles. The van der Waals surface area contributed by atoms with Crippen molar-refractivity contribution in [1.29, 1.82) is 0 Å². The minimum absolute atomic E-state index is 0.171.